The van der Waals surface area contributed by atoms with E-state index in [9.17, 15) is 0 Å². The smallest absolute Gasteiger partial charge is 0.199 e. The van der Waals surface area contributed by atoms with Gasteiger partial charge < -0.3 is 21.3 Å². The zero-order valence-corrected chi connectivity index (χ0v) is 14.1. The van der Waals surface area contributed by atoms with Gasteiger partial charge in [-0.05, 0) is 26.0 Å². The van der Waals surface area contributed by atoms with Gasteiger partial charge in [0.25, 0.3) is 0 Å². The number of aliphatic imine (C=N–C) groups is 1. The van der Waals surface area contributed by atoms with Gasteiger partial charge in [-0.2, -0.15) is 10.1 Å². The van der Waals surface area contributed by atoms with Crippen LogP contribution in [-0.2, 0) is 11.2 Å². The van der Waals surface area contributed by atoms with Crippen molar-refractivity contribution in [1.29, 1.82) is 0 Å². The van der Waals surface area contributed by atoms with Gasteiger partial charge >= 0.3 is 0 Å². The Kier molecular flexibility index (Phi) is 3.20. The molecule has 0 saturated heterocycles. The van der Waals surface area contributed by atoms with Crippen LogP contribution in [0, 0.1) is 13.8 Å². The molecule has 8 nitrogen and oxygen atoms in total. The molecule has 4 heterocycles. The molecule has 9 heteroatoms. The Balaban J connectivity index is 1.83. The standard InChI is InChI=1S/C15H17N7OS/c1-7-9(8(2)23-22-7)5-15(11-3-4-18-21-11)6-10-12(24-15)13(16)20-14(17)19-10/h3-4,6H,5,16H2,1-2H3,(H,18,21)(H3,17,19,20). The Morgan fingerprint density at radius 2 is 2.17 bits per heavy atom. The number of nitrogens with one attached hydrogen (secondary N) is 2. The van der Waals surface area contributed by atoms with Crippen LogP contribution in [0.15, 0.2) is 44.3 Å². The van der Waals surface area contributed by atoms with Gasteiger partial charge in [-0.3, -0.25) is 5.10 Å². The molecule has 124 valence electrons. The molecule has 0 spiro atoms. The van der Waals surface area contributed by atoms with Gasteiger partial charge in [0.05, 0.1) is 26.7 Å². The Morgan fingerprint density at radius 1 is 1.33 bits per heavy atom. The highest BCUT2D eigenvalue weighted by molar-refractivity contribution is 8.04. The number of nitrogens with zero attached hydrogens (tertiary/aromatic N) is 3. The minimum absolute atomic E-state index is 0.292. The molecule has 2 aromatic heterocycles. The fourth-order valence-corrected chi connectivity index (χ4v) is 4.37. The molecule has 6 N–H and O–H groups in total. The third-order valence-electron chi connectivity index (χ3n) is 4.22. The van der Waals surface area contributed by atoms with Crippen molar-refractivity contribution in [2.75, 3.05) is 0 Å². The van der Waals surface area contributed by atoms with Gasteiger partial charge in [0.2, 0.25) is 0 Å². The van der Waals surface area contributed by atoms with Gasteiger partial charge in [-0.1, -0.05) is 5.16 Å². The molecule has 2 aliphatic heterocycles. The largest absolute Gasteiger partial charge is 0.383 e. The van der Waals surface area contributed by atoms with Crippen LogP contribution in [-0.4, -0.2) is 21.3 Å². The van der Waals surface area contributed by atoms with Crippen LogP contribution < -0.4 is 16.8 Å². The summed E-state index contributed by atoms with van der Waals surface area (Å²) in [6.45, 7) is 3.86. The SMILES string of the molecule is Cc1noc(C)c1CC1(c2ccn[nH]2)C=C2NC(N)=NC(N)=C2S1. The second-order valence-electron chi connectivity index (χ2n) is 5.84. The lowest BCUT2D eigenvalue weighted by atomic mass is 9.93. The summed E-state index contributed by atoms with van der Waals surface area (Å²) in [5, 5.41) is 14.3. The highest BCUT2D eigenvalue weighted by Gasteiger charge is 2.43. The van der Waals surface area contributed by atoms with Crippen molar-refractivity contribution in [3.05, 3.63) is 57.5 Å². The molecular weight excluding hydrogens is 326 g/mol. The number of hydrogen-bond donors (Lipinski definition) is 4. The summed E-state index contributed by atoms with van der Waals surface area (Å²) in [6, 6.07) is 1.96. The first kappa shape index (κ1) is 14.9. The van der Waals surface area contributed by atoms with Crippen LogP contribution in [0.5, 0.6) is 0 Å². The maximum Gasteiger partial charge on any atom is 0.199 e. The summed E-state index contributed by atoms with van der Waals surface area (Å²) < 4.78 is 4.91. The number of nitrogens with two attached hydrogens (primary N) is 2. The molecule has 0 radical (unpaired) electrons. The molecule has 4 rings (SSSR count). The molecule has 0 aliphatic carbocycles. The van der Waals surface area contributed by atoms with Gasteiger partial charge in [-0.15, -0.1) is 11.8 Å². The van der Waals surface area contributed by atoms with Crippen LogP contribution in [0.1, 0.15) is 22.7 Å². The van der Waals surface area contributed by atoms with Crippen LogP contribution in [0.2, 0.25) is 0 Å². The summed E-state index contributed by atoms with van der Waals surface area (Å²) in [6.07, 6.45) is 4.53. The third-order valence-corrected chi connectivity index (χ3v) is 5.70. The Morgan fingerprint density at radius 3 is 2.83 bits per heavy atom. The van der Waals surface area contributed by atoms with Crippen molar-refractivity contribution >= 4 is 17.7 Å². The monoisotopic (exact) mass is 343 g/mol. The van der Waals surface area contributed by atoms with Gasteiger partial charge in [-0.25, -0.2) is 0 Å². The molecule has 0 bridgehead atoms. The van der Waals surface area contributed by atoms with E-state index in [2.05, 4.69) is 31.7 Å². The van der Waals surface area contributed by atoms with Crippen LogP contribution in [0.4, 0.5) is 0 Å². The summed E-state index contributed by atoms with van der Waals surface area (Å²) in [7, 11) is 0. The predicted octanol–water partition coefficient (Wildman–Crippen LogP) is 1.13. The minimum atomic E-state index is -0.417. The van der Waals surface area contributed by atoms with E-state index in [1.54, 1.807) is 18.0 Å². The fraction of sp³-hybridized carbons (Fsp3) is 0.267. The lowest BCUT2D eigenvalue weighted by Gasteiger charge is -2.25. The molecule has 1 unspecified atom stereocenters. The molecule has 1 atom stereocenters. The topological polar surface area (TPSA) is 131 Å². The van der Waals surface area contributed by atoms with Crippen molar-refractivity contribution in [2.24, 2.45) is 16.5 Å². The molecule has 2 aromatic rings. The van der Waals surface area contributed by atoms with Crippen LogP contribution in [0.25, 0.3) is 0 Å². The van der Waals surface area contributed by atoms with Gasteiger partial charge in [0, 0.05) is 18.2 Å². The first-order valence-electron chi connectivity index (χ1n) is 7.43. The number of aryl methyl sites for hydroxylation is 2. The number of fused-ring (bicyclic) bond motifs is 1. The zero-order valence-electron chi connectivity index (χ0n) is 13.3. The van der Waals surface area contributed by atoms with Crippen molar-refractivity contribution in [3.8, 4) is 0 Å². The second-order valence-corrected chi connectivity index (χ2v) is 7.18. The second kappa shape index (κ2) is 5.17. The number of rotatable bonds is 3. The molecular formula is C15H17N7OS. The Hall–Kier alpha value is -2.68. The van der Waals surface area contributed by atoms with Crippen molar-refractivity contribution in [3.63, 3.8) is 0 Å². The molecule has 24 heavy (non-hydrogen) atoms. The summed E-state index contributed by atoms with van der Waals surface area (Å²) in [5.74, 6) is 1.52. The highest BCUT2D eigenvalue weighted by Crippen LogP contribution is 2.53. The predicted molar refractivity (Wildman–Crippen MR) is 91.6 cm³/mol. The minimum Gasteiger partial charge on any atom is -0.383 e. The van der Waals surface area contributed by atoms with E-state index in [0.717, 1.165) is 33.3 Å². The molecule has 0 saturated carbocycles. The normalized spacial score (nSPS) is 22.9. The Labute approximate surface area is 142 Å². The van der Waals surface area contributed by atoms with Crippen LogP contribution >= 0.6 is 11.8 Å². The zero-order chi connectivity index (χ0) is 16.9. The van der Waals surface area contributed by atoms with Gasteiger partial charge in [0.1, 0.15) is 11.6 Å². The van der Waals surface area contributed by atoms with E-state index in [1.165, 1.54) is 0 Å². The third kappa shape index (κ3) is 2.20. The van der Waals surface area contributed by atoms with Gasteiger partial charge in [0.15, 0.2) is 5.96 Å². The van der Waals surface area contributed by atoms with Crippen molar-refractivity contribution in [2.45, 2.75) is 25.0 Å². The maximum atomic E-state index is 6.07. The number of guanidine groups is 1. The molecule has 0 amide bonds. The van der Waals surface area contributed by atoms with E-state index in [0.29, 0.717) is 18.2 Å². The number of H-pyrrole nitrogens is 1. The number of aromatic amines is 1. The molecule has 0 aromatic carbocycles. The maximum absolute atomic E-state index is 6.07. The van der Waals surface area contributed by atoms with E-state index < -0.39 is 4.75 Å². The Bertz CT molecular complexity index is 874. The lowest BCUT2D eigenvalue weighted by Crippen LogP contribution is -2.34. The van der Waals surface area contributed by atoms with E-state index in [4.69, 9.17) is 16.0 Å². The van der Waals surface area contributed by atoms with E-state index in [1.807, 2.05) is 19.9 Å². The summed E-state index contributed by atoms with van der Waals surface area (Å²) >= 11 is 1.62. The first-order chi connectivity index (χ1) is 11.5. The van der Waals surface area contributed by atoms with Crippen molar-refractivity contribution in [1.82, 2.24) is 20.7 Å². The van der Waals surface area contributed by atoms with Crippen molar-refractivity contribution < 1.29 is 4.52 Å². The number of hydrogen-bond acceptors (Lipinski definition) is 8. The van der Waals surface area contributed by atoms with E-state index >= 15 is 0 Å². The fourth-order valence-electron chi connectivity index (χ4n) is 3.02. The quantitative estimate of drug-likeness (QED) is 0.657. The molecule has 0 fully saturated rings. The van der Waals surface area contributed by atoms with Crippen LogP contribution in [0.3, 0.4) is 0 Å². The first-order valence-corrected chi connectivity index (χ1v) is 8.25. The molecule has 2 aliphatic rings. The lowest BCUT2D eigenvalue weighted by molar-refractivity contribution is 0.392. The average Bonchev–Trinajstić information content (AvgIpc) is 3.23. The number of aromatic nitrogens is 3. The average molecular weight is 343 g/mol. The summed E-state index contributed by atoms with van der Waals surface area (Å²) in [4.78, 5) is 5.01. The van der Waals surface area contributed by atoms with E-state index in [-0.39, 0.29) is 0 Å². The summed E-state index contributed by atoms with van der Waals surface area (Å²) in [5.41, 5.74) is 15.7. The number of thioether (sulfide) groups is 1. The highest BCUT2D eigenvalue weighted by atomic mass is 32.2.